The highest BCUT2D eigenvalue weighted by Crippen LogP contribution is 1.96. The summed E-state index contributed by atoms with van der Waals surface area (Å²) in [5.41, 5.74) is 7.48. The van der Waals surface area contributed by atoms with Gasteiger partial charge in [-0.15, -0.1) is 0 Å². The summed E-state index contributed by atoms with van der Waals surface area (Å²) in [6.07, 6.45) is 1.79. The molecule has 0 N–H and O–H groups in total. The highest BCUT2D eigenvalue weighted by atomic mass is 16.4. The Kier molecular flexibility index (Phi) is 3.75. The maximum Gasteiger partial charge on any atom is 0.0735 e. The van der Waals surface area contributed by atoms with Crippen LogP contribution < -0.4 is 5.11 Å². The fourth-order valence-electron chi connectivity index (χ4n) is 0.407. The van der Waals surface area contributed by atoms with E-state index in [2.05, 4.69) is 10.0 Å². The lowest BCUT2D eigenvalue weighted by molar-refractivity contribution is -0.299. The summed E-state index contributed by atoms with van der Waals surface area (Å²) in [5, 5.41) is 12.9. The molecule has 5 heteroatoms. The lowest BCUT2D eigenvalue weighted by atomic mass is 10.3. The Hall–Kier alpha value is -1.48. The topological polar surface area (TPSA) is 88.9 Å². The molecule has 0 aliphatic heterocycles. The van der Waals surface area contributed by atoms with E-state index < -0.39 is 5.97 Å². The number of azide groups is 1. The first-order valence-electron chi connectivity index (χ1n) is 2.69. The highest BCUT2D eigenvalue weighted by molar-refractivity contribution is 5.84. The van der Waals surface area contributed by atoms with Gasteiger partial charge in [-0.05, 0) is 12.0 Å². The summed E-state index contributed by atoms with van der Waals surface area (Å²) in [6.45, 7) is 1.73. The zero-order chi connectivity index (χ0) is 7.98. The third kappa shape index (κ3) is 2.74. The molecular formula is C5H6N3O2-. The van der Waals surface area contributed by atoms with E-state index >= 15 is 0 Å². The predicted molar refractivity (Wildman–Crippen MR) is 32.5 cm³/mol. The number of nitrogens with zero attached hydrogens (tertiary/aromatic N) is 3. The minimum absolute atomic E-state index is 0.356. The van der Waals surface area contributed by atoms with Crippen LogP contribution in [-0.4, -0.2) is 5.97 Å². The molecule has 0 saturated carbocycles. The lowest BCUT2D eigenvalue weighted by Crippen LogP contribution is -2.23. The van der Waals surface area contributed by atoms with Crippen molar-refractivity contribution in [1.29, 1.82) is 0 Å². The average Bonchev–Trinajstić information content (AvgIpc) is 1.87. The van der Waals surface area contributed by atoms with Crippen LogP contribution in [0, 0.1) is 0 Å². The highest BCUT2D eigenvalue weighted by Gasteiger charge is 1.90. The molecule has 0 bridgehead atoms. The zero-order valence-electron chi connectivity index (χ0n) is 5.44. The monoisotopic (exact) mass is 140 g/mol. The summed E-state index contributed by atoms with van der Waals surface area (Å²) in [6, 6.07) is 0. The number of hydrogen-bond donors (Lipinski definition) is 0. The van der Waals surface area contributed by atoms with Crippen LogP contribution in [0.25, 0.3) is 10.4 Å². The maximum atomic E-state index is 10.0. The van der Waals surface area contributed by atoms with Crippen molar-refractivity contribution < 1.29 is 9.90 Å². The fraction of sp³-hybridized carbons (Fsp3) is 0.400. The first kappa shape index (κ1) is 8.52. The first-order chi connectivity index (χ1) is 4.72. The molecule has 0 aromatic rings. The van der Waals surface area contributed by atoms with E-state index in [1.807, 2.05) is 0 Å². The van der Waals surface area contributed by atoms with Gasteiger partial charge in [-0.25, -0.2) is 0 Å². The number of carboxylic acids is 1. The molecule has 0 aliphatic rings. The minimum Gasteiger partial charge on any atom is -0.545 e. The van der Waals surface area contributed by atoms with Gasteiger partial charge in [0.2, 0.25) is 0 Å². The van der Waals surface area contributed by atoms with Crippen LogP contribution in [0.4, 0.5) is 0 Å². The maximum absolute atomic E-state index is 10.0. The van der Waals surface area contributed by atoms with E-state index in [-0.39, 0.29) is 5.70 Å². The van der Waals surface area contributed by atoms with Crippen LogP contribution in [0.1, 0.15) is 13.3 Å². The number of hydrogen-bond acceptors (Lipinski definition) is 3. The first-order valence-corrected chi connectivity index (χ1v) is 2.69. The normalized spacial score (nSPS) is 10.3. The SMILES string of the molecule is CC/C=C(/N=[N+]=[N-])C(=O)[O-]. The van der Waals surface area contributed by atoms with E-state index in [4.69, 9.17) is 5.53 Å². The fourth-order valence-corrected chi connectivity index (χ4v) is 0.407. The average molecular weight is 140 g/mol. The van der Waals surface area contributed by atoms with Crippen LogP contribution in [0.5, 0.6) is 0 Å². The van der Waals surface area contributed by atoms with Crippen LogP contribution in [-0.2, 0) is 4.79 Å². The molecule has 0 fully saturated rings. The van der Waals surface area contributed by atoms with E-state index in [0.29, 0.717) is 6.42 Å². The minimum atomic E-state index is -1.44. The molecule has 0 aliphatic carbocycles. The number of carbonyl (C=O) groups is 1. The van der Waals surface area contributed by atoms with Gasteiger partial charge in [-0.1, -0.05) is 18.1 Å². The van der Waals surface area contributed by atoms with Gasteiger partial charge >= 0.3 is 0 Å². The van der Waals surface area contributed by atoms with Gasteiger partial charge in [0.05, 0.1) is 11.7 Å². The molecule has 0 radical (unpaired) electrons. The second kappa shape index (κ2) is 4.40. The van der Waals surface area contributed by atoms with Gasteiger partial charge in [0.1, 0.15) is 0 Å². The Bertz CT molecular complexity index is 199. The van der Waals surface area contributed by atoms with Crippen LogP contribution >= 0.6 is 0 Å². The van der Waals surface area contributed by atoms with E-state index in [1.54, 1.807) is 6.92 Å². The van der Waals surface area contributed by atoms with Crippen molar-refractivity contribution in [3.63, 3.8) is 0 Å². The van der Waals surface area contributed by atoms with Gasteiger partial charge in [0, 0.05) is 4.91 Å². The third-order valence-electron chi connectivity index (χ3n) is 0.759. The van der Waals surface area contributed by atoms with Crippen LogP contribution in [0.3, 0.4) is 0 Å². The summed E-state index contributed by atoms with van der Waals surface area (Å²) in [5.74, 6) is -1.44. The van der Waals surface area contributed by atoms with Crippen molar-refractivity contribution in [3.8, 4) is 0 Å². The van der Waals surface area contributed by atoms with Crippen molar-refractivity contribution in [2.45, 2.75) is 13.3 Å². The Morgan fingerprint density at radius 1 is 1.90 bits per heavy atom. The number of rotatable bonds is 3. The molecule has 0 amide bonds. The van der Waals surface area contributed by atoms with Gasteiger partial charge < -0.3 is 9.90 Å². The lowest BCUT2D eigenvalue weighted by Gasteiger charge is -1.97. The number of carbonyl (C=O) groups excluding carboxylic acids is 1. The molecular weight excluding hydrogens is 134 g/mol. The summed E-state index contributed by atoms with van der Waals surface area (Å²) in [4.78, 5) is 12.3. The summed E-state index contributed by atoms with van der Waals surface area (Å²) >= 11 is 0. The molecule has 0 heterocycles. The van der Waals surface area contributed by atoms with Crippen molar-refractivity contribution in [2.24, 2.45) is 5.11 Å². The van der Waals surface area contributed by atoms with Crippen molar-refractivity contribution in [3.05, 3.63) is 22.2 Å². The van der Waals surface area contributed by atoms with Gasteiger partial charge in [-0.2, -0.15) is 0 Å². The summed E-state index contributed by atoms with van der Waals surface area (Å²) in [7, 11) is 0. The third-order valence-corrected chi connectivity index (χ3v) is 0.759. The molecule has 0 rings (SSSR count). The Labute approximate surface area is 57.6 Å². The zero-order valence-corrected chi connectivity index (χ0v) is 5.44. The van der Waals surface area contributed by atoms with Crippen LogP contribution in [0.15, 0.2) is 16.9 Å². The predicted octanol–water partition coefficient (Wildman–Crippen LogP) is 0.340. The molecule has 0 unspecified atom stereocenters. The second-order valence-electron chi connectivity index (χ2n) is 1.47. The standard InChI is InChI=1S/C5H7N3O2/c1-2-3-4(5(9)10)7-8-6/h3H,2H2,1H3,(H,9,10)/p-1/b4-3+. The molecule has 54 valence electrons. The van der Waals surface area contributed by atoms with E-state index in [0.717, 1.165) is 0 Å². The molecule has 0 aromatic heterocycles. The van der Waals surface area contributed by atoms with Gasteiger partial charge in [-0.3, -0.25) is 0 Å². The number of carboxylic acid groups (broad SMARTS) is 1. The molecule has 0 atom stereocenters. The number of aliphatic carboxylic acids is 1. The van der Waals surface area contributed by atoms with Crippen molar-refractivity contribution in [2.75, 3.05) is 0 Å². The largest absolute Gasteiger partial charge is 0.545 e. The van der Waals surface area contributed by atoms with Gasteiger partial charge in [0.15, 0.2) is 0 Å². The Morgan fingerprint density at radius 3 is 2.80 bits per heavy atom. The Morgan fingerprint density at radius 2 is 2.50 bits per heavy atom. The molecule has 0 aromatic carbocycles. The van der Waals surface area contributed by atoms with Crippen molar-refractivity contribution in [1.82, 2.24) is 0 Å². The smallest absolute Gasteiger partial charge is 0.0735 e. The van der Waals surface area contributed by atoms with Gasteiger partial charge in [0.25, 0.3) is 0 Å². The quantitative estimate of drug-likeness (QED) is 0.245. The Balaban J connectivity index is 4.41. The summed E-state index contributed by atoms with van der Waals surface area (Å²) < 4.78 is 0. The number of allylic oxidation sites excluding steroid dienone is 1. The van der Waals surface area contributed by atoms with E-state index in [9.17, 15) is 9.90 Å². The molecule has 5 nitrogen and oxygen atoms in total. The second-order valence-corrected chi connectivity index (χ2v) is 1.47. The molecule has 0 saturated heterocycles. The van der Waals surface area contributed by atoms with Crippen molar-refractivity contribution >= 4 is 5.97 Å². The van der Waals surface area contributed by atoms with E-state index in [1.165, 1.54) is 6.08 Å². The molecule has 10 heavy (non-hydrogen) atoms. The van der Waals surface area contributed by atoms with Crippen LogP contribution in [0.2, 0.25) is 0 Å². The molecule has 0 spiro atoms.